The molecule has 144 valence electrons. The first kappa shape index (κ1) is 19.0. The Labute approximate surface area is 163 Å². The summed E-state index contributed by atoms with van der Waals surface area (Å²) in [6.45, 7) is 0. The Bertz CT molecular complexity index is 1110. The second-order valence-corrected chi connectivity index (χ2v) is 5.94. The molecular weight excluding hydrogens is 354 g/mol. The topological polar surface area (TPSA) is 86.7 Å². The van der Waals surface area contributed by atoms with E-state index in [2.05, 4.69) is 10.3 Å². The molecule has 0 spiro atoms. The minimum absolute atomic E-state index is 0. The fraction of sp³-hybridized carbons (Fsp3) is 0.143. The summed E-state index contributed by atoms with van der Waals surface area (Å²) in [5, 5.41) is 3.31. The predicted molar refractivity (Wildman–Crippen MR) is 112 cm³/mol. The SMILES string of the molecule is C.COc1ccc(-c2cc3nccn3c(Nc3cccc(N)c3)n2)cc1OC. The first-order valence-electron chi connectivity index (χ1n) is 8.37. The lowest BCUT2D eigenvalue weighted by Gasteiger charge is -2.12. The van der Waals surface area contributed by atoms with Gasteiger partial charge in [-0.05, 0) is 36.4 Å². The van der Waals surface area contributed by atoms with Crippen molar-refractivity contribution in [2.45, 2.75) is 7.43 Å². The number of nitrogens with zero attached hydrogens (tertiary/aromatic N) is 3. The van der Waals surface area contributed by atoms with E-state index < -0.39 is 0 Å². The smallest absolute Gasteiger partial charge is 0.213 e. The van der Waals surface area contributed by atoms with Gasteiger partial charge in [0, 0.05) is 35.4 Å². The fourth-order valence-corrected chi connectivity index (χ4v) is 2.90. The molecule has 0 aliphatic carbocycles. The van der Waals surface area contributed by atoms with Gasteiger partial charge in [0.2, 0.25) is 5.95 Å². The number of nitrogens with two attached hydrogens (primary N) is 1. The van der Waals surface area contributed by atoms with Gasteiger partial charge in [-0.2, -0.15) is 0 Å². The second-order valence-electron chi connectivity index (χ2n) is 5.94. The van der Waals surface area contributed by atoms with Crippen molar-refractivity contribution in [2.24, 2.45) is 0 Å². The molecule has 4 rings (SSSR count). The molecule has 3 N–H and O–H groups in total. The standard InChI is InChI=1S/C20H19N5O2.CH4/c1-26-17-7-6-13(10-18(17)27-2)16-12-19-22-8-9-25(19)20(24-16)23-15-5-3-4-14(21)11-15;/h3-12H,21H2,1-2H3,(H,23,24);1H4. The maximum absolute atomic E-state index is 5.88. The van der Waals surface area contributed by atoms with E-state index in [-0.39, 0.29) is 7.43 Å². The number of imidazole rings is 1. The van der Waals surface area contributed by atoms with Crippen LogP contribution in [0.25, 0.3) is 16.9 Å². The molecule has 0 radical (unpaired) electrons. The zero-order chi connectivity index (χ0) is 18.8. The molecule has 7 heteroatoms. The molecule has 28 heavy (non-hydrogen) atoms. The Morgan fingerprint density at radius 3 is 2.57 bits per heavy atom. The number of hydrogen-bond acceptors (Lipinski definition) is 6. The summed E-state index contributed by atoms with van der Waals surface area (Å²) in [4.78, 5) is 9.18. The van der Waals surface area contributed by atoms with Crippen molar-refractivity contribution in [2.75, 3.05) is 25.3 Å². The number of benzene rings is 2. The van der Waals surface area contributed by atoms with Crippen molar-refractivity contribution < 1.29 is 9.47 Å². The zero-order valence-corrected chi connectivity index (χ0v) is 15.0. The minimum Gasteiger partial charge on any atom is -0.493 e. The van der Waals surface area contributed by atoms with E-state index in [4.69, 9.17) is 20.2 Å². The number of nitrogen functional groups attached to an aromatic ring is 1. The molecule has 0 unspecified atom stereocenters. The highest BCUT2D eigenvalue weighted by Crippen LogP contribution is 2.32. The van der Waals surface area contributed by atoms with Gasteiger partial charge in [0.1, 0.15) is 5.65 Å². The van der Waals surface area contributed by atoms with Crippen LogP contribution in [0.1, 0.15) is 7.43 Å². The summed E-state index contributed by atoms with van der Waals surface area (Å²) in [5.41, 5.74) is 9.85. The number of nitrogens with one attached hydrogen (secondary N) is 1. The van der Waals surface area contributed by atoms with Gasteiger partial charge in [-0.3, -0.25) is 4.40 Å². The van der Waals surface area contributed by atoms with Gasteiger partial charge in [-0.25, -0.2) is 9.97 Å². The number of methoxy groups -OCH3 is 2. The molecule has 4 aromatic rings. The third-order valence-electron chi connectivity index (χ3n) is 4.21. The van der Waals surface area contributed by atoms with Gasteiger partial charge in [0.05, 0.1) is 19.9 Å². The summed E-state index contributed by atoms with van der Waals surface area (Å²) in [6.07, 6.45) is 3.59. The summed E-state index contributed by atoms with van der Waals surface area (Å²) < 4.78 is 12.6. The van der Waals surface area contributed by atoms with Gasteiger partial charge in [-0.1, -0.05) is 13.5 Å². The lowest BCUT2D eigenvalue weighted by Crippen LogP contribution is -2.03. The monoisotopic (exact) mass is 377 g/mol. The van der Waals surface area contributed by atoms with E-state index in [1.54, 1.807) is 20.4 Å². The van der Waals surface area contributed by atoms with Crippen LogP contribution >= 0.6 is 0 Å². The lowest BCUT2D eigenvalue weighted by molar-refractivity contribution is 0.355. The Morgan fingerprint density at radius 1 is 1.00 bits per heavy atom. The Morgan fingerprint density at radius 2 is 1.82 bits per heavy atom. The molecule has 0 saturated heterocycles. The van der Waals surface area contributed by atoms with Crippen molar-refractivity contribution in [1.82, 2.24) is 14.4 Å². The summed E-state index contributed by atoms with van der Waals surface area (Å²) in [7, 11) is 3.22. The predicted octanol–water partition coefficient (Wildman–Crippen LogP) is 4.38. The quantitative estimate of drug-likeness (QED) is 0.502. The van der Waals surface area contributed by atoms with Gasteiger partial charge >= 0.3 is 0 Å². The van der Waals surface area contributed by atoms with Crippen molar-refractivity contribution in [3.05, 3.63) is 60.9 Å². The molecule has 0 bridgehead atoms. The van der Waals surface area contributed by atoms with E-state index >= 15 is 0 Å². The van der Waals surface area contributed by atoms with E-state index in [0.717, 1.165) is 22.6 Å². The summed E-state index contributed by atoms with van der Waals surface area (Å²) in [5.74, 6) is 1.95. The third-order valence-corrected chi connectivity index (χ3v) is 4.21. The van der Waals surface area contributed by atoms with Crippen LogP contribution in [-0.4, -0.2) is 28.6 Å². The van der Waals surface area contributed by atoms with E-state index in [9.17, 15) is 0 Å². The normalized spacial score (nSPS) is 10.4. The number of anilines is 3. The van der Waals surface area contributed by atoms with E-state index in [1.165, 1.54) is 0 Å². The molecule has 0 atom stereocenters. The molecule has 7 nitrogen and oxygen atoms in total. The molecular formula is C21H23N5O2. The molecule has 2 aromatic heterocycles. The Hall–Kier alpha value is -3.74. The molecule has 0 amide bonds. The van der Waals surface area contributed by atoms with E-state index in [0.29, 0.717) is 23.1 Å². The van der Waals surface area contributed by atoms with Crippen LogP contribution in [0.2, 0.25) is 0 Å². The van der Waals surface area contributed by atoms with Gasteiger partial charge in [-0.15, -0.1) is 0 Å². The molecule has 0 saturated carbocycles. The molecule has 0 aliphatic rings. The summed E-state index contributed by atoms with van der Waals surface area (Å²) in [6, 6.07) is 15.1. The highest BCUT2D eigenvalue weighted by Gasteiger charge is 2.12. The van der Waals surface area contributed by atoms with E-state index in [1.807, 2.05) is 59.1 Å². The van der Waals surface area contributed by atoms with Crippen LogP contribution < -0.4 is 20.5 Å². The Balaban J connectivity index is 0.00000225. The number of aromatic nitrogens is 3. The van der Waals surface area contributed by atoms with Crippen LogP contribution in [-0.2, 0) is 0 Å². The molecule has 0 fully saturated rings. The average Bonchev–Trinajstić information content (AvgIpc) is 3.16. The van der Waals surface area contributed by atoms with Crippen LogP contribution in [0.4, 0.5) is 17.3 Å². The minimum atomic E-state index is 0. The highest BCUT2D eigenvalue weighted by molar-refractivity contribution is 5.70. The van der Waals surface area contributed by atoms with Crippen LogP contribution in [0, 0.1) is 0 Å². The molecule has 2 heterocycles. The van der Waals surface area contributed by atoms with Gasteiger partial charge in [0.15, 0.2) is 11.5 Å². The van der Waals surface area contributed by atoms with Crippen molar-refractivity contribution in [3.63, 3.8) is 0 Å². The number of fused-ring (bicyclic) bond motifs is 1. The Kier molecular flexibility index (Phi) is 5.35. The largest absolute Gasteiger partial charge is 0.493 e. The van der Waals surface area contributed by atoms with Gasteiger partial charge < -0.3 is 20.5 Å². The van der Waals surface area contributed by atoms with Crippen molar-refractivity contribution in [3.8, 4) is 22.8 Å². The highest BCUT2D eigenvalue weighted by atomic mass is 16.5. The maximum atomic E-state index is 5.88. The number of ether oxygens (including phenoxy) is 2. The van der Waals surface area contributed by atoms with Crippen molar-refractivity contribution >= 4 is 23.0 Å². The maximum Gasteiger partial charge on any atom is 0.213 e. The van der Waals surface area contributed by atoms with Crippen LogP contribution in [0.15, 0.2) is 60.9 Å². The second kappa shape index (κ2) is 7.87. The average molecular weight is 377 g/mol. The first-order valence-corrected chi connectivity index (χ1v) is 8.37. The summed E-state index contributed by atoms with van der Waals surface area (Å²) >= 11 is 0. The lowest BCUT2D eigenvalue weighted by atomic mass is 10.1. The first-order chi connectivity index (χ1) is 13.2. The van der Waals surface area contributed by atoms with Crippen molar-refractivity contribution in [1.29, 1.82) is 0 Å². The fourth-order valence-electron chi connectivity index (χ4n) is 2.90. The van der Waals surface area contributed by atoms with Crippen LogP contribution in [0.3, 0.4) is 0 Å². The zero-order valence-electron chi connectivity index (χ0n) is 15.0. The van der Waals surface area contributed by atoms with Crippen LogP contribution in [0.5, 0.6) is 11.5 Å². The molecule has 2 aromatic carbocycles. The van der Waals surface area contributed by atoms with Gasteiger partial charge in [0.25, 0.3) is 0 Å². The number of rotatable bonds is 5. The number of hydrogen-bond donors (Lipinski definition) is 2. The molecule has 0 aliphatic heterocycles. The third kappa shape index (κ3) is 3.55.